The molecule has 1 aliphatic heterocycles. The van der Waals surface area contributed by atoms with Gasteiger partial charge in [0.25, 0.3) is 0 Å². The van der Waals surface area contributed by atoms with E-state index in [0.29, 0.717) is 12.0 Å². The first-order chi connectivity index (χ1) is 10.0. The molecule has 5 nitrogen and oxygen atoms in total. The summed E-state index contributed by atoms with van der Waals surface area (Å²) in [7, 11) is 0. The second-order valence-electron chi connectivity index (χ2n) is 6.30. The van der Waals surface area contributed by atoms with E-state index in [-0.39, 0.29) is 36.4 Å². The molecule has 1 unspecified atom stereocenters. The van der Waals surface area contributed by atoms with Gasteiger partial charge in [0.05, 0.1) is 0 Å². The van der Waals surface area contributed by atoms with Crippen molar-refractivity contribution in [2.75, 3.05) is 26.2 Å². The van der Waals surface area contributed by atoms with E-state index in [1.165, 1.54) is 6.42 Å². The molecule has 2 N–H and O–H groups in total. The van der Waals surface area contributed by atoms with E-state index < -0.39 is 0 Å². The SMILES string of the molecule is CCNC(=NCC(=O)N1CCCC1)NC(C)CCC(C)C.I. The molecule has 6 heteroatoms. The van der Waals surface area contributed by atoms with Crippen molar-refractivity contribution in [3.05, 3.63) is 0 Å². The van der Waals surface area contributed by atoms with Gasteiger partial charge in [-0.15, -0.1) is 24.0 Å². The highest BCUT2D eigenvalue weighted by atomic mass is 127. The predicted molar refractivity (Wildman–Crippen MR) is 104 cm³/mol. The van der Waals surface area contributed by atoms with Gasteiger partial charge < -0.3 is 15.5 Å². The third-order valence-electron chi connectivity index (χ3n) is 3.74. The van der Waals surface area contributed by atoms with Crippen molar-refractivity contribution in [1.29, 1.82) is 0 Å². The van der Waals surface area contributed by atoms with Crippen LogP contribution in [-0.4, -0.2) is 49.0 Å². The Bertz CT molecular complexity index is 341. The molecule has 22 heavy (non-hydrogen) atoms. The van der Waals surface area contributed by atoms with Gasteiger partial charge in [-0.1, -0.05) is 13.8 Å². The number of likely N-dealkylation sites (tertiary alicyclic amines) is 1. The molecule has 0 radical (unpaired) electrons. The van der Waals surface area contributed by atoms with Crippen molar-refractivity contribution in [3.63, 3.8) is 0 Å². The van der Waals surface area contributed by atoms with E-state index in [0.717, 1.165) is 44.9 Å². The molecule has 0 spiro atoms. The molecule has 1 atom stereocenters. The van der Waals surface area contributed by atoms with Gasteiger partial charge in [-0.2, -0.15) is 0 Å². The van der Waals surface area contributed by atoms with Crippen LogP contribution in [0.25, 0.3) is 0 Å². The number of amides is 1. The molecule has 1 aliphatic rings. The molecule has 0 aromatic heterocycles. The molecule has 1 fully saturated rings. The van der Waals surface area contributed by atoms with Gasteiger partial charge in [0.1, 0.15) is 6.54 Å². The number of nitrogens with zero attached hydrogens (tertiary/aromatic N) is 2. The lowest BCUT2D eigenvalue weighted by Gasteiger charge is -2.19. The Balaban J connectivity index is 0.00000441. The monoisotopic (exact) mass is 424 g/mol. The number of hydrogen-bond acceptors (Lipinski definition) is 2. The largest absolute Gasteiger partial charge is 0.357 e. The second kappa shape index (κ2) is 12.0. The number of carbonyl (C=O) groups is 1. The second-order valence-corrected chi connectivity index (χ2v) is 6.30. The zero-order valence-electron chi connectivity index (χ0n) is 14.5. The zero-order valence-corrected chi connectivity index (χ0v) is 16.9. The van der Waals surface area contributed by atoms with Crippen LogP contribution in [0, 0.1) is 5.92 Å². The summed E-state index contributed by atoms with van der Waals surface area (Å²) >= 11 is 0. The number of hydrogen-bond donors (Lipinski definition) is 2. The van der Waals surface area contributed by atoms with E-state index in [4.69, 9.17) is 0 Å². The Hall–Kier alpha value is -0.530. The summed E-state index contributed by atoms with van der Waals surface area (Å²) in [5.41, 5.74) is 0. The van der Waals surface area contributed by atoms with Crippen molar-refractivity contribution >= 4 is 35.8 Å². The number of rotatable bonds is 7. The van der Waals surface area contributed by atoms with E-state index in [1.54, 1.807) is 0 Å². The highest BCUT2D eigenvalue weighted by Gasteiger charge is 2.17. The van der Waals surface area contributed by atoms with Crippen LogP contribution in [0.5, 0.6) is 0 Å². The minimum Gasteiger partial charge on any atom is -0.357 e. The Morgan fingerprint density at radius 2 is 1.82 bits per heavy atom. The number of carbonyl (C=O) groups excluding carboxylic acids is 1. The molecule has 1 rings (SSSR count). The lowest BCUT2D eigenvalue weighted by Crippen LogP contribution is -2.43. The third-order valence-corrected chi connectivity index (χ3v) is 3.74. The van der Waals surface area contributed by atoms with Crippen molar-refractivity contribution in [3.8, 4) is 0 Å². The van der Waals surface area contributed by atoms with Gasteiger partial charge in [0, 0.05) is 25.7 Å². The minimum absolute atomic E-state index is 0. The van der Waals surface area contributed by atoms with Gasteiger partial charge in [-0.05, 0) is 45.4 Å². The lowest BCUT2D eigenvalue weighted by molar-refractivity contribution is -0.128. The Morgan fingerprint density at radius 3 is 2.36 bits per heavy atom. The summed E-state index contributed by atoms with van der Waals surface area (Å²) < 4.78 is 0. The molecule has 1 saturated heterocycles. The third kappa shape index (κ3) is 8.80. The van der Waals surface area contributed by atoms with Crippen LogP contribution >= 0.6 is 24.0 Å². The van der Waals surface area contributed by atoms with Gasteiger partial charge in [-0.25, -0.2) is 4.99 Å². The van der Waals surface area contributed by atoms with Crippen LogP contribution in [0.2, 0.25) is 0 Å². The first kappa shape index (κ1) is 21.5. The van der Waals surface area contributed by atoms with Crippen LogP contribution in [0.3, 0.4) is 0 Å². The highest BCUT2D eigenvalue weighted by Crippen LogP contribution is 2.08. The number of halogens is 1. The van der Waals surface area contributed by atoms with E-state index in [1.807, 2.05) is 11.8 Å². The summed E-state index contributed by atoms with van der Waals surface area (Å²) in [6, 6.07) is 0.368. The fourth-order valence-corrected chi connectivity index (χ4v) is 2.42. The normalized spacial score (nSPS) is 16.4. The van der Waals surface area contributed by atoms with Crippen LogP contribution < -0.4 is 10.6 Å². The first-order valence-electron chi connectivity index (χ1n) is 8.35. The molecular weight excluding hydrogens is 391 g/mol. The van der Waals surface area contributed by atoms with Crippen molar-refractivity contribution in [2.24, 2.45) is 10.9 Å². The number of aliphatic imine (C=N–C) groups is 1. The summed E-state index contributed by atoms with van der Waals surface area (Å²) in [6.07, 6.45) is 4.56. The average molecular weight is 424 g/mol. The van der Waals surface area contributed by atoms with Gasteiger partial charge >= 0.3 is 0 Å². The van der Waals surface area contributed by atoms with E-state index in [9.17, 15) is 4.79 Å². The standard InChI is InChI=1S/C16H32N4O.HI/c1-5-17-16(19-14(4)9-8-13(2)3)18-12-15(21)20-10-6-7-11-20;/h13-14H,5-12H2,1-4H3,(H2,17,18,19);1H. The Kier molecular flexibility index (Phi) is 11.7. The van der Waals surface area contributed by atoms with Crippen LogP contribution in [0.4, 0.5) is 0 Å². The first-order valence-corrected chi connectivity index (χ1v) is 8.35. The molecular formula is C16H33IN4O. The summed E-state index contributed by atoms with van der Waals surface area (Å²) in [6.45, 7) is 11.5. The summed E-state index contributed by atoms with van der Waals surface area (Å²) in [5.74, 6) is 1.60. The molecule has 130 valence electrons. The van der Waals surface area contributed by atoms with E-state index in [2.05, 4.69) is 36.4 Å². The molecule has 0 aliphatic carbocycles. The topological polar surface area (TPSA) is 56.7 Å². The summed E-state index contributed by atoms with van der Waals surface area (Å²) in [5, 5.41) is 6.60. The minimum atomic E-state index is 0. The average Bonchev–Trinajstić information content (AvgIpc) is 2.96. The zero-order chi connectivity index (χ0) is 15.7. The molecule has 1 heterocycles. The predicted octanol–water partition coefficient (Wildman–Crippen LogP) is 2.61. The quantitative estimate of drug-likeness (QED) is 0.375. The molecule has 1 amide bonds. The van der Waals surface area contributed by atoms with Gasteiger partial charge in [-0.3, -0.25) is 4.79 Å². The van der Waals surface area contributed by atoms with Crippen molar-refractivity contribution < 1.29 is 4.79 Å². The van der Waals surface area contributed by atoms with E-state index >= 15 is 0 Å². The maximum atomic E-state index is 12.0. The van der Waals surface area contributed by atoms with Crippen molar-refractivity contribution in [1.82, 2.24) is 15.5 Å². The molecule has 0 bridgehead atoms. The van der Waals surface area contributed by atoms with Crippen LogP contribution in [0.1, 0.15) is 53.4 Å². The fraction of sp³-hybridized carbons (Fsp3) is 0.875. The molecule has 0 saturated carbocycles. The molecule has 0 aromatic carbocycles. The lowest BCUT2D eigenvalue weighted by atomic mass is 10.0. The Labute approximate surface area is 152 Å². The number of nitrogens with one attached hydrogen (secondary N) is 2. The van der Waals surface area contributed by atoms with Crippen LogP contribution in [0.15, 0.2) is 4.99 Å². The number of guanidine groups is 1. The fourth-order valence-electron chi connectivity index (χ4n) is 2.42. The van der Waals surface area contributed by atoms with Crippen LogP contribution in [-0.2, 0) is 4.79 Å². The van der Waals surface area contributed by atoms with Crippen molar-refractivity contribution in [2.45, 2.75) is 59.4 Å². The summed E-state index contributed by atoms with van der Waals surface area (Å²) in [4.78, 5) is 18.4. The smallest absolute Gasteiger partial charge is 0.244 e. The van der Waals surface area contributed by atoms with Gasteiger partial charge in [0.2, 0.25) is 5.91 Å². The van der Waals surface area contributed by atoms with Gasteiger partial charge in [0.15, 0.2) is 5.96 Å². The molecule has 0 aromatic rings. The maximum absolute atomic E-state index is 12.0. The highest BCUT2D eigenvalue weighted by molar-refractivity contribution is 14.0. The maximum Gasteiger partial charge on any atom is 0.244 e. The Morgan fingerprint density at radius 1 is 1.18 bits per heavy atom.